The van der Waals surface area contributed by atoms with Crippen LogP contribution in [0.3, 0.4) is 0 Å². The van der Waals surface area contributed by atoms with Gasteiger partial charge < -0.3 is 0 Å². The molecule has 0 saturated carbocycles. The van der Waals surface area contributed by atoms with E-state index in [9.17, 15) is 0 Å². The minimum Gasteiger partial charge on any atom is -0.259 e. The van der Waals surface area contributed by atoms with E-state index in [-0.39, 0.29) is 12.4 Å². The molecule has 0 saturated heterocycles. The van der Waals surface area contributed by atoms with Crippen molar-refractivity contribution in [1.29, 1.82) is 0 Å². The summed E-state index contributed by atoms with van der Waals surface area (Å²) in [5.74, 6) is 0. The molecule has 0 aliphatic carbocycles. The monoisotopic (exact) mass is 143 g/mol. The highest BCUT2D eigenvalue weighted by Gasteiger charge is 1.59. The maximum Gasteiger partial charge on any atom is -0.00309 e. The molecular formula is C4H14ClNS. The molecule has 0 spiro atoms. The van der Waals surface area contributed by atoms with Crippen LogP contribution in [0.5, 0.6) is 0 Å². The Morgan fingerprint density at radius 3 is 1.14 bits per heavy atom. The van der Waals surface area contributed by atoms with Crippen LogP contribution in [0.15, 0.2) is 0 Å². The van der Waals surface area contributed by atoms with E-state index >= 15 is 0 Å². The summed E-state index contributed by atoms with van der Waals surface area (Å²) in [5.41, 5.74) is 0. The minimum atomic E-state index is 0. The molecule has 0 unspecified atom stereocenters. The fourth-order valence-corrected chi connectivity index (χ4v) is 0. The van der Waals surface area contributed by atoms with Gasteiger partial charge in [-0.05, 0) is 14.1 Å². The predicted molar refractivity (Wildman–Crippen MR) is 41.3 cm³/mol. The molecule has 1 nitrogen and oxygen atoms in total. The van der Waals surface area contributed by atoms with E-state index in [0.29, 0.717) is 0 Å². The SMILES string of the molecule is CC.CN(C)S.Cl. The van der Waals surface area contributed by atoms with Gasteiger partial charge in [0.25, 0.3) is 0 Å². The Bertz CT molecular complexity index is 16.4. The van der Waals surface area contributed by atoms with E-state index in [2.05, 4.69) is 12.8 Å². The van der Waals surface area contributed by atoms with Crippen LogP contribution >= 0.6 is 25.2 Å². The maximum atomic E-state index is 3.80. The third-order valence-electron chi connectivity index (χ3n) is 0. The third kappa shape index (κ3) is 388. The molecule has 0 radical (unpaired) electrons. The van der Waals surface area contributed by atoms with Gasteiger partial charge in [0.15, 0.2) is 0 Å². The first-order valence-electron chi connectivity index (χ1n) is 2.09. The Morgan fingerprint density at radius 1 is 1.14 bits per heavy atom. The van der Waals surface area contributed by atoms with Crippen LogP contribution in [-0.4, -0.2) is 18.4 Å². The lowest BCUT2D eigenvalue weighted by Gasteiger charge is -1.88. The van der Waals surface area contributed by atoms with Crippen molar-refractivity contribution < 1.29 is 0 Å². The molecule has 3 heteroatoms. The summed E-state index contributed by atoms with van der Waals surface area (Å²) < 4.78 is 1.69. The molecule has 7 heavy (non-hydrogen) atoms. The molecule has 0 atom stereocenters. The number of halogens is 1. The zero-order valence-corrected chi connectivity index (χ0v) is 7.01. The minimum absolute atomic E-state index is 0. The van der Waals surface area contributed by atoms with Crippen LogP contribution in [0.4, 0.5) is 0 Å². The molecule has 48 valence electrons. The standard InChI is InChI=1S/C2H7NS.C2H6.ClH/c1-3(2)4;1-2;/h4H,1-2H3;1-2H3;1H. The molecule has 0 amide bonds. The van der Waals surface area contributed by atoms with Crippen LogP contribution in [0, 0.1) is 0 Å². The van der Waals surface area contributed by atoms with Gasteiger partial charge in [-0.15, -0.1) is 12.4 Å². The quantitative estimate of drug-likeness (QED) is 0.507. The molecular weight excluding hydrogens is 130 g/mol. The number of thiol groups is 1. The molecule has 0 bridgehead atoms. The topological polar surface area (TPSA) is 3.24 Å². The molecule has 0 rings (SSSR count). The lowest BCUT2D eigenvalue weighted by atomic mass is 11.0. The van der Waals surface area contributed by atoms with Gasteiger partial charge in [0.05, 0.1) is 0 Å². The van der Waals surface area contributed by atoms with Crippen molar-refractivity contribution in [3.63, 3.8) is 0 Å². The Hall–Kier alpha value is 0.600. The molecule has 0 aromatic carbocycles. The van der Waals surface area contributed by atoms with Crippen molar-refractivity contribution in [2.24, 2.45) is 0 Å². The van der Waals surface area contributed by atoms with Crippen molar-refractivity contribution >= 4 is 25.2 Å². The van der Waals surface area contributed by atoms with E-state index in [1.807, 2.05) is 27.9 Å². The van der Waals surface area contributed by atoms with Gasteiger partial charge in [0.1, 0.15) is 0 Å². The van der Waals surface area contributed by atoms with E-state index in [0.717, 1.165) is 0 Å². The van der Waals surface area contributed by atoms with E-state index < -0.39 is 0 Å². The Labute approximate surface area is 58.0 Å². The van der Waals surface area contributed by atoms with Crippen LogP contribution in [0.1, 0.15) is 13.8 Å². The average Bonchev–Trinajstić information content (AvgIpc) is 1.41. The van der Waals surface area contributed by atoms with Crippen molar-refractivity contribution in [3.05, 3.63) is 0 Å². The summed E-state index contributed by atoms with van der Waals surface area (Å²) in [5, 5.41) is 0. The van der Waals surface area contributed by atoms with Crippen molar-refractivity contribution in [3.8, 4) is 0 Å². The van der Waals surface area contributed by atoms with Gasteiger partial charge in [0.2, 0.25) is 0 Å². The Kier molecular flexibility index (Phi) is 35.7. The fourth-order valence-electron chi connectivity index (χ4n) is 0. The summed E-state index contributed by atoms with van der Waals surface area (Å²) in [6, 6.07) is 0. The first-order chi connectivity index (χ1) is 2.73. The number of rotatable bonds is 0. The maximum absolute atomic E-state index is 3.80. The van der Waals surface area contributed by atoms with Crippen molar-refractivity contribution in [1.82, 2.24) is 4.31 Å². The number of nitrogens with zero attached hydrogens (tertiary/aromatic N) is 1. The zero-order valence-electron chi connectivity index (χ0n) is 5.30. The molecule has 0 aromatic rings. The molecule has 0 aliphatic heterocycles. The highest BCUT2D eigenvalue weighted by Crippen LogP contribution is 1.69. The van der Waals surface area contributed by atoms with Crippen molar-refractivity contribution in [2.45, 2.75) is 13.8 Å². The number of hydrogen-bond donors (Lipinski definition) is 1. The van der Waals surface area contributed by atoms with Crippen LogP contribution < -0.4 is 0 Å². The highest BCUT2D eigenvalue weighted by atomic mass is 35.5. The van der Waals surface area contributed by atoms with Gasteiger partial charge in [-0.2, -0.15) is 0 Å². The Balaban J connectivity index is -0.0000000480. The third-order valence-corrected chi connectivity index (χ3v) is 0. The van der Waals surface area contributed by atoms with Gasteiger partial charge >= 0.3 is 0 Å². The summed E-state index contributed by atoms with van der Waals surface area (Å²) in [6.07, 6.45) is 0. The summed E-state index contributed by atoms with van der Waals surface area (Å²) in [4.78, 5) is 0. The highest BCUT2D eigenvalue weighted by molar-refractivity contribution is 7.77. The summed E-state index contributed by atoms with van der Waals surface area (Å²) >= 11 is 3.80. The van der Waals surface area contributed by atoms with Crippen LogP contribution in [-0.2, 0) is 0 Å². The molecule has 0 fully saturated rings. The molecule has 0 N–H and O–H groups in total. The smallest absolute Gasteiger partial charge is 0.00309 e. The largest absolute Gasteiger partial charge is 0.259 e. The lowest BCUT2D eigenvalue weighted by molar-refractivity contribution is 0.714. The van der Waals surface area contributed by atoms with Crippen molar-refractivity contribution in [2.75, 3.05) is 14.1 Å². The summed E-state index contributed by atoms with van der Waals surface area (Å²) in [7, 11) is 3.73. The van der Waals surface area contributed by atoms with E-state index in [1.165, 1.54) is 0 Å². The fraction of sp³-hybridized carbons (Fsp3) is 1.00. The molecule has 0 aromatic heterocycles. The average molecular weight is 144 g/mol. The second-order valence-corrected chi connectivity index (χ2v) is 1.65. The van der Waals surface area contributed by atoms with Gasteiger partial charge in [-0.1, -0.05) is 26.7 Å². The normalized spacial score (nSPS) is 6.00. The molecule has 0 aliphatic rings. The summed E-state index contributed by atoms with van der Waals surface area (Å²) in [6.45, 7) is 4.00. The lowest BCUT2D eigenvalue weighted by Crippen LogP contribution is -1.89. The van der Waals surface area contributed by atoms with Crippen LogP contribution in [0.25, 0.3) is 0 Å². The second kappa shape index (κ2) is 16.0. The van der Waals surface area contributed by atoms with Gasteiger partial charge in [-0.3, -0.25) is 4.31 Å². The zero-order chi connectivity index (χ0) is 5.58. The molecule has 0 heterocycles. The predicted octanol–water partition coefficient (Wildman–Crippen LogP) is 1.84. The first kappa shape index (κ1) is 15.6. The van der Waals surface area contributed by atoms with Gasteiger partial charge in [-0.25, -0.2) is 0 Å². The van der Waals surface area contributed by atoms with E-state index in [1.54, 1.807) is 4.31 Å². The number of hydrogen-bond acceptors (Lipinski definition) is 2. The van der Waals surface area contributed by atoms with Crippen LogP contribution in [0.2, 0.25) is 0 Å². The Morgan fingerprint density at radius 2 is 1.14 bits per heavy atom. The van der Waals surface area contributed by atoms with Gasteiger partial charge in [0, 0.05) is 0 Å². The first-order valence-corrected chi connectivity index (χ1v) is 2.49. The van der Waals surface area contributed by atoms with E-state index in [4.69, 9.17) is 0 Å². The second-order valence-electron chi connectivity index (χ2n) is 0.847.